The molecule has 0 unspecified atom stereocenters. The summed E-state index contributed by atoms with van der Waals surface area (Å²) in [5.41, 5.74) is 2.68. The van der Waals surface area contributed by atoms with E-state index in [2.05, 4.69) is 52.7 Å². The number of para-hydroxylation sites is 1. The minimum atomic E-state index is 0.494. The Morgan fingerprint density at radius 3 is 2.46 bits per heavy atom. The van der Waals surface area contributed by atoms with Crippen molar-refractivity contribution in [2.75, 3.05) is 20.2 Å². The molecule has 2 aromatic carbocycles. The van der Waals surface area contributed by atoms with E-state index in [0.717, 1.165) is 18.2 Å². The van der Waals surface area contributed by atoms with E-state index in [1.54, 1.807) is 7.11 Å². The van der Waals surface area contributed by atoms with Crippen molar-refractivity contribution < 1.29 is 4.74 Å². The van der Waals surface area contributed by atoms with Crippen LogP contribution in [0.4, 0.5) is 0 Å². The lowest BCUT2D eigenvalue weighted by atomic mass is 9.76. The van der Waals surface area contributed by atoms with E-state index < -0.39 is 0 Å². The molecule has 126 valence electrons. The van der Waals surface area contributed by atoms with Crippen molar-refractivity contribution in [3.63, 3.8) is 0 Å². The average molecular weight is 322 g/mol. The molecule has 0 spiro atoms. The molecule has 0 aromatic heterocycles. The van der Waals surface area contributed by atoms with Gasteiger partial charge in [0.1, 0.15) is 5.75 Å². The van der Waals surface area contributed by atoms with Crippen LogP contribution in [0, 0.1) is 5.92 Å². The molecule has 0 saturated carbocycles. The highest BCUT2D eigenvalue weighted by molar-refractivity contribution is 5.33. The van der Waals surface area contributed by atoms with E-state index in [-0.39, 0.29) is 0 Å². The Kier molecular flexibility index (Phi) is 4.54. The highest BCUT2D eigenvalue weighted by Gasteiger charge is 2.42. The molecule has 2 atom stereocenters. The van der Waals surface area contributed by atoms with Crippen LogP contribution in [0.25, 0.3) is 0 Å². The van der Waals surface area contributed by atoms with Crippen molar-refractivity contribution >= 4 is 0 Å². The monoisotopic (exact) mass is 322 g/mol. The Balaban J connectivity index is 1.55. The van der Waals surface area contributed by atoms with Gasteiger partial charge in [0, 0.05) is 18.2 Å². The van der Waals surface area contributed by atoms with Crippen LogP contribution in [0.5, 0.6) is 5.75 Å². The largest absolute Gasteiger partial charge is 0.496 e. The molecule has 3 aliphatic rings. The normalized spacial score (nSPS) is 28.7. The van der Waals surface area contributed by atoms with Crippen LogP contribution >= 0.6 is 0 Å². The van der Waals surface area contributed by atoms with Crippen LogP contribution < -0.4 is 10.1 Å². The van der Waals surface area contributed by atoms with Gasteiger partial charge in [-0.15, -0.1) is 0 Å². The molecule has 2 aromatic rings. The molecule has 0 radical (unpaired) electrons. The number of nitrogens with one attached hydrogen (secondary N) is 1. The number of rotatable bonds is 5. The predicted molar refractivity (Wildman–Crippen MR) is 97.1 cm³/mol. The van der Waals surface area contributed by atoms with E-state index in [1.165, 1.54) is 37.1 Å². The second-order valence-electron chi connectivity index (χ2n) is 6.95. The lowest BCUT2D eigenvalue weighted by Crippen LogP contribution is -2.57. The quantitative estimate of drug-likeness (QED) is 0.910. The second-order valence-corrected chi connectivity index (χ2v) is 6.95. The lowest BCUT2D eigenvalue weighted by molar-refractivity contribution is 0.0112. The highest BCUT2D eigenvalue weighted by atomic mass is 16.5. The molecule has 3 aliphatic heterocycles. The molecule has 5 rings (SSSR count). The molecule has 24 heavy (non-hydrogen) atoms. The Morgan fingerprint density at radius 1 is 1.00 bits per heavy atom. The molecule has 3 heteroatoms. The number of hydrogen-bond acceptors (Lipinski definition) is 3. The Labute approximate surface area is 144 Å². The van der Waals surface area contributed by atoms with Crippen LogP contribution in [0.1, 0.15) is 30.0 Å². The van der Waals surface area contributed by atoms with Crippen molar-refractivity contribution in [2.24, 2.45) is 5.92 Å². The smallest absolute Gasteiger partial charge is 0.123 e. The van der Waals surface area contributed by atoms with Gasteiger partial charge in [-0.05, 0) is 43.5 Å². The zero-order valence-electron chi connectivity index (χ0n) is 14.3. The summed E-state index contributed by atoms with van der Waals surface area (Å²) in [4.78, 5) is 2.66. The predicted octanol–water partition coefficient (Wildman–Crippen LogP) is 3.62. The molecule has 0 amide bonds. The number of nitrogens with zero attached hydrogens (tertiary/aromatic N) is 1. The Hall–Kier alpha value is -1.84. The summed E-state index contributed by atoms with van der Waals surface area (Å²) in [5, 5.41) is 3.87. The number of hydrogen-bond donors (Lipinski definition) is 1. The standard InChI is InChI=1S/C21H26N2O/c1-24-19-10-6-5-9-18(19)15-22-20-16-11-13-23(14-12-16)21(20)17-7-3-2-4-8-17/h2-10,16,20-22H,11-15H2,1H3/t20-,21-/m0/s1. The fourth-order valence-electron chi connectivity index (χ4n) is 4.47. The molecular formula is C21H26N2O. The highest BCUT2D eigenvalue weighted by Crippen LogP contribution is 2.41. The van der Waals surface area contributed by atoms with Gasteiger partial charge in [0.05, 0.1) is 13.2 Å². The van der Waals surface area contributed by atoms with Crippen LogP contribution in [-0.4, -0.2) is 31.1 Å². The first kappa shape index (κ1) is 15.7. The number of methoxy groups -OCH3 is 1. The number of benzene rings is 2. The first-order valence-corrected chi connectivity index (χ1v) is 9.01. The number of piperidine rings is 3. The summed E-state index contributed by atoms with van der Waals surface area (Å²) >= 11 is 0. The van der Waals surface area contributed by atoms with Gasteiger partial charge in [0.15, 0.2) is 0 Å². The van der Waals surface area contributed by atoms with Crippen LogP contribution in [-0.2, 0) is 6.54 Å². The average Bonchev–Trinajstić information content (AvgIpc) is 2.67. The van der Waals surface area contributed by atoms with E-state index in [0.29, 0.717) is 12.1 Å². The summed E-state index contributed by atoms with van der Waals surface area (Å²) in [6.07, 6.45) is 2.62. The van der Waals surface area contributed by atoms with Gasteiger partial charge < -0.3 is 10.1 Å². The molecule has 3 fully saturated rings. The molecule has 1 N–H and O–H groups in total. The van der Waals surface area contributed by atoms with Gasteiger partial charge in [-0.3, -0.25) is 4.90 Å². The first-order chi connectivity index (χ1) is 11.9. The fourth-order valence-corrected chi connectivity index (χ4v) is 4.47. The lowest BCUT2D eigenvalue weighted by Gasteiger charge is -2.51. The fraction of sp³-hybridized carbons (Fsp3) is 0.429. The summed E-state index contributed by atoms with van der Waals surface area (Å²) in [6, 6.07) is 20.3. The van der Waals surface area contributed by atoms with Gasteiger partial charge in [-0.1, -0.05) is 48.5 Å². The van der Waals surface area contributed by atoms with Crippen molar-refractivity contribution in [3.8, 4) is 5.75 Å². The van der Waals surface area contributed by atoms with Crippen molar-refractivity contribution in [3.05, 3.63) is 65.7 Å². The number of ether oxygens (including phenoxy) is 1. The summed E-state index contributed by atoms with van der Waals surface area (Å²) in [7, 11) is 1.75. The summed E-state index contributed by atoms with van der Waals surface area (Å²) in [5.74, 6) is 1.75. The SMILES string of the molecule is COc1ccccc1CN[C@H]1C2CCN(CC2)[C@H]1c1ccccc1. The Morgan fingerprint density at radius 2 is 1.71 bits per heavy atom. The van der Waals surface area contributed by atoms with E-state index in [1.807, 2.05) is 12.1 Å². The molecule has 0 aliphatic carbocycles. The maximum atomic E-state index is 5.51. The van der Waals surface area contributed by atoms with Crippen LogP contribution in [0.3, 0.4) is 0 Å². The van der Waals surface area contributed by atoms with Gasteiger partial charge in [-0.25, -0.2) is 0 Å². The summed E-state index contributed by atoms with van der Waals surface area (Å²) in [6.45, 7) is 3.33. The van der Waals surface area contributed by atoms with Gasteiger partial charge >= 0.3 is 0 Å². The molecule has 3 nitrogen and oxygen atoms in total. The van der Waals surface area contributed by atoms with Gasteiger partial charge in [-0.2, -0.15) is 0 Å². The minimum absolute atomic E-state index is 0.494. The van der Waals surface area contributed by atoms with Crippen molar-refractivity contribution in [1.82, 2.24) is 10.2 Å². The van der Waals surface area contributed by atoms with Crippen LogP contribution in [0.2, 0.25) is 0 Å². The molecule has 3 heterocycles. The molecule has 3 saturated heterocycles. The van der Waals surface area contributed by atoms with Crippen LogP contribution in [0.15, 0.2) is 54.6 Å². The second kappa shape index (κ2) is 6.96. The third-order valence-corrected chi connectivity index (χ3v) is 5.68. The zero-order chi connectivity index (χ0) is 16.4. The Bertz CT molecular complexity index is 665. The zero-order valence-corrected chi connectivity index (χ0v) is 14.3. The third-order valence-electron chi connectivity index (χ3n) is 5.68. The van der Waals surface area contributed by atoms with Crippen molar-refractivity contribution in [1.29, 1.82) is 0 Å². The first-order valence-electron chi connectivity index (χ1n) is 9.01. The maximum absolute atomic E-state index is 5.51. The maximum Gasteiger partial charge on any atom is 0.123 e. The van der Waals surface area contributed by atoms with Gasteiger partial charge in [0.25, 0.3) is 0 Å². The minimum Gasteiger partial charge on any atom is -0.496 e. The molecular weight excluding hydrogens is 296 g/mol. The van der Waals surface area contributed by atoms with Gasteiger partial charge in [0.2, 0.25) is 0 Å². The topological polar surface area (TPSA) is 24.5 Å². The third kappa shape index (κ3) is 2.94. The van der Waals surface area contributed by atoms with E-state index >= 15 is 0 Å². The van der Waals surface area contributed by atoms with E-state index in [9.17, 15) is 0 Å². The summed E-state index contributed by atoms with van der Waals surface area (Å²) < 4.78 is 5.51. The number of fused-ring (bicyclic) bond motifs is 3. The van der Waals surface area contributed by atoms with E-state index in [4.69, 9.17) is 4.74 Å². The van der Waals surface area contributed by atoms with Crippen molar-refractivity contribution in [2.45, 2.75) is 31.5 Å². The molecule has 2 bridgehead atoms.